The second-order valence-corrected chi connectivity index (χ2v) is 5.11. The van der Waals surface area contributed by atoms with E-state index in [9.17, 15) is 13.2 Å². The standard InChI is InChI=1S/C10H15N2O4S.BrH/c1-3-16-10(13)8-12-6-4-5-9(7-12)17(14,15)11-2;/h4-7,11H,3,8H2,1-2H3;1H/q+1;/p-1. The van der Waals surface area contributed by atoms with Gasteiger partial charge in [0.05, 0.1) is 6.61 Å². The molecule has 0 fully saturated rings. The molecule has 102 valence electrons. The van der Waals surface area contributed by atoms with Crippen LogP contribution in [0.3, 0.4) is 0 Å². The number of sulfonamides is 1. The summed E-state index contributed by atoms with van der Waals surface area (Å²) in [5.41, 5.74) is 0. The van der Waals surface area contributed by atoms with Crippen molar-refractivity contribution in [2.24, 2.45) is 0 Å². The lowest BCUT2D eigenvalue weighted by molar-refractivity contribution is -0.687. The Morgan fingerprint density at radius 2 is 2.17 bits per heavy atom. The van der Waals surface area contributed by atoms with Crippen LogP contribution >= 0.6 is 0 Å². The van der Waals surface area contributed by atoms with E-state index in [0.29, 0.717) is 6.61 Å². The molecule has 0 aliphatic heterocycles. The summed E-state index contributed by atoms with van der Waals surface area (Å²) in [6, 6.07) is 3.01. The molecule has 1 N–H and O–H groups in total. The molecule has 1 aromatic rings. The van der Waals surface area contributed by atoms with Crippen LogP contribution in [0.1, 0.15) is 6.92 Å². The quantitative estimate of drug-likeness (QED) is 0.445. The third-order valence-electron chi connectivity index (χ3n) is 2.03. The van der Waals surface area contributed by atoms with Gasteiger partial charge in [-0.05, 0) is 20.0 Å². The molecule has 0 unspecified atom stereocenters. The summed E-state index contributed by atoms with van der Waals surface area (Å²) >= 11 is 0. The first-order chi connectivity index (χ1) is 7.99. The van der Waals surface area contributed by atoms with Gasteiger partial charge in [0.2, 0.25) is 16.6 Å². The molecule has 18 heavy (non-hydrogen) atoms. The molecule has 6 nitrogen and oxygen atoms in total. The van der Waals surface area contributed by atoms with E-state index in [1.807, 2.05) is 0 Å². The lowest BCUT2D eigenvalue weighted by Crippen LogP contribution is -3.00. The van der Waals surface area contributed by atoms with Crippen molar-refractivity contribution < 1.29 is 39.5 Å². The fourth-order valence-corrected chi connectivity index (χ4v) is 2.00. The van der Waals surface area contributed by atoms with Crippen LogP contribution in [-0.2, 0) is 26.1 Å². The maximum Gasteiger partial charge on any atom is 0.372 e. The number of carbonyl (C=O) groups excluding carboxylic acids is 1. The number of nitrogens with zero attached hydrogens (tertiary/aromatic N) is 1. The molecule has 0 saturated carbocycles. The Balaban J connectivity index is 0.00000289. The van der Waals surface area contributed by atoms with Crippen LogP contribution in [0.5, 0.6) is 0 Å². The van der Waals surface area contributed by atoms with E-state index in [4.69, 9.17) is 4.74 Å². The van der Waals surface area contributed by atoms with Crippen molar-refractivity contribution in [3.05, 3.63) is 24.5 Å². The first-order valence-electron chi connectivity index (χ1n) is 5.08. The zero-order valence-electron chi connectivity index (χ0n) is 10.1. The second-order valence-electron chi connectivity index (χ2n) is 3.22. The maximum atomic E-state index is 11.5. The molecule has 1 aromatic heterocycles. The van der Waals surface area contributed by atoms with Crippen molar-refractivity contribution in [3.8, 4) is 0 Å². The van der Waals surface area contributed by atoms with Crippen LogP contribution in [-0.4, -0.2) is 28.0 Å². The van der Waals surface area contributed by atoms with Gasteiger partial charge in [0, 0.05) is 6.07 Å². The molecule has 1 heterocycles. The van der Waals surface area contributed by atoms with Crippen LogP contribution < -0.4 is 26.3 Å². The molecule has 0 atom stereocenters. The van der Waals surface area contributed by atoms with Gasteiger partial charge in [-0.3, -0.25) is 0 Å². The zero-order chi connectivity index (χ0) is 12.9. The predicted molar refractivity (Wildman–Crippen MR) is 59.5 cm³/mol. The molecular formula is C10H15BrN2O4S. The first kappa shape index (κ1) is 17.0. The number of rotatable bonds is 5. The topological polar surface area (TPSA) is 76.3 Å². The summed E-state index contributed by atoms with van der Waals surface area (Å²) in [5, 5.41) is 0. The Hall–Kier alpha value is -0.990. The van der Waals surface area contributed by atoms with Gasteiger partial charge in [0.1, 0.15) is 4.90 Å². The minimum Gasteiger partial charge on any atom is -1.00 e. The molecule has 0 saturated heterocycles. The van der Waals surface area contributed by atoms with Crippen LogP contribution in [0.25, 0.3) is 0 Å². The van der Waals surface area contributed by atoms with Gasteiger partial charge in [-0.25, -0.2) is 17.9 Å². The third-order valence-corrected chi connectivity index (χ3v) is 3.43. The number of hydrogen-bond acceptors (Lipinski definition) is 4. The molecule has 0 spiro atoms. The van der Waals surface area contributed by atoms with Crippen molar-refractivity contribution in [3.63, 3.8) is 0 Å². The third kappa shape index (κ3) is 4.71. The van der Waals surface area contributed by atoms with E-state index in [0.717, 1.165) is 0 Å². The van der Waals surface area contributed by atoms with Gasteiger partial charge in [-0.15, -0.1) is 0 Å². The van der Waals surface area contributed by atoms with Crippen molar-refractivity contribution in [1.29, 1.82) is 0 Å². The largest absolute Gasteiger partial charge is 1.00 e. The van der Waals surface area contributed by atoms with E-state index >= 15 is 0 Å². The highest BCUT2D eigenvalue weighted by molar-refractivity contribution is 7.89. The van der Waals surface area contributed by atoms with Crippen molar-refractivity contribution in [2.45, 2.75) is 18.4 Å². The monoisotopic (exact) mass is 338 g/mol. The molecule has 0 aromatic carbocycles. The number of ether oxygens (including phenoxy) is 1. The highest BCUT2D eigenvalue weighted by Crippen LogP contribution is 2.03. The minimum absolute atomic E-state index is 0. The van der Waals surface area contributed by atoms with Crippen LogP contribution in [0.2, 0.25) is 0 Å². The van der Waals surface area contributed by atoms with Crippen LogP contribution in [0.15, 0.2) is 29.4 Å². The Morgan fingerprint density at radius 1 is 1.50 bits per heavy atom. The average molecular weight is 339 g/mol. The summed E-state index contributed by atoms with van der Waals surface area (Å²) in [5.74, 6) is -0.406. The number of halogens is 1. The van der Waals surface area contributed by atoms with Crippen LogP contribution in [0.4, 0.5) is 0 Å². The average Bonchev–Trinajstić information content (AvgIpc) is 2.29. The highest BCUT2D eigenvalue weighted by atomic mass is 79.9. The number of pyridine rings is 1. The molecule has 8 heteroatoms. The van der Waals surface area contributed by atoms with E-state index in [1.165, 1.54) is 23.9 Å². The van der Waals surface area contributed by atoms with Gasteiger partial charge in [-0.1, -0.05) is 0 Å². The molecule has 0 aliphatic carbocycles. The minimum atomic E-state index is -3.49. The summed E-state index contributed by atoms with van der Waals surface area (Å²) in [6.07, 6.45) is 2.98. The Morgan fingerprint density at radius 3 is 2.72 bits per heavy atom. The van der Waals surface area contributed by atoms with E-state index in [-0.39, 0.29) is 28.4 Å². The Kier molecular flexibility index (Phi) is 7.04. The molecule has 0 radical (unpaired) electrons. The van der Waals surface area contributed by atoms with Crippen LogP contribution in [0, 0.1) is 0 Å². The van der Waals surface area contributed by atoms with E-state index < -0.39 is 16.0 Å². The SMILES string of the molecule is CCOC(=O)C[n+]1cccc(S(=O)(=O)NC)c1.[Br-]. The summed E-state index contributed by atoms with van der Waals surface area (Å²) in [7, 11) is -2.16. The van der Waals surface area contributed by atoms with Crippen molar-refractivity contribution in [2.75, 3.05) is 13.7 Å². The van der Waals surface area contributed by atoms with E-state index in [2.05, 4.69) is 4.72 Å². The normalized spacial score (nSPS) is 10.6. The van der Waals surface area contributed by atoms with Crippen molar-refractivity contribution >= 4 is 16.0 Å². The number of esters is 1. The number of carbonyl (C=O) groups is 1. The molecule has 0 amide bonds. The summed E-state index contributed by atoms with van der Waals surface area (Å²) < 4.78 is 31.5. The summed E-state index contributed by atoms with van der Waals surface area (Å²) in [4.78, 5) is 11.3. The van der Waals surface area contributed by atoms with Gasteiger partial charge >= 0.3 is 5.97 Å². The number of hydrogen-bond donors (Lipinski definition) is 1. The Bertz CT molecular complexity index is 504. The Labute approximate surface area is 117 Å². The molecule has 1 rings (SSSR count). The van der Waals surface area contributed by atoms with Gasteiger partial charge in [-0.2, -0.15) is 4.57 Å². The molecule has 0 aliphatic rings. The van der Waals surface area contributed by atoms with Gasteiger partial charge in [0.25, 0.3) is 0 Å². The summed E-state index contributed by atoms with van der Waals surface area (Å²) in [6.45, 7) is 2.00. The molecular weight excluding hydrogens is 324 g/mol. The lowest BCUT2D eigenvalue weighted by Gasteiger charge is -2.01. The maximum absolute atomic E-state index is 11.5. The van der Waals surface area contributed by atoms with E-state index in [1.54, 1.807) is 19.2 Å². The fourth-order valence-electron chi connectivity index (χ4n) is 1.23. The first-order valence-corrected chi connectivity index (χ1v) is 6.56. The number of aromatic nitrogens is 1. The predicted octanol–water partition coefficient (Wildman–Crippen LogP) is -3.55. The fraction of sp³-hybridized carbons (Fsp3) is 0.400. The zero-order valence-corrected chi connectivity index (χ0v) is 12.5. The van der Waals surface area contributed by atoms with Crippen molar-refractivity contribution in [1.82, 2.24) is 4.72 Å². The van der Waals surface area contributed by atoms with Gasteiger partial charge in [0.15, 0.2) is 12.4 Å². The highest BCUT2D eigenvalue weighted by Gasteiger charge is 2.17. The second kappa shape index (κ2) is 7.45. The number of nitrogens with one attached hydrogen (secondary N) is 1. The lowest BCUT2D eigenvalue weighted by atomic mass is 10.4. The van der Waals surface area contributed by atoms with Gasteiger partial charge < -0.3 is 21.7 Å². The smallest absolute Gasteiger partial charge is 0.372 e. The molecule has 0 bridgehead atoms.